The van der Waals surface area contributed by atoms with Crippen molar-refractivity contribution in [2.24, 2.45) is 0 Å². The van der Waals surface area contributed by atoms with Crippen LogP contribution in [0.2, 0.25) is 0 Å². The average Bonchev–Trinajstić information content (AvgIpc) is 2.44. The lowest BCUT2D eigenvalue weighted by Crippen LogP contribution is -2.28. The van der Waals surface area contributed by atoms with Gasteiger partial charge in [-0.2, -0.15) is 0 Å². The van der Waals surface area contributed by atoms with Crippen LogP contribution in [0.15, 0.2) is 0 Å². The Bertz CT molecular complexity index is 317. The van der Waals surface area contributed by atoms with Gasteiger partial charge in [0.05, 0.1) is 0 Å². The minimum atomic E-state index is -1.03. The van der Waals surface area contributed by atoms with Crippen LogP contribution >= 0.6 is 23.5 Å². The van der Waals surface area contributed by atoms with Gasteiger partial charge in [0, 0.05) is 5.75 Å². The van der Waals surface area contributed by atoms with Crippen molar-refractivity contribution < 1.29 is 14.7 Å². The number of carboxylic acids is 1. The molecule has 0 atom stereocenters. The van der Waals surface area contributed by atoms with Crippen LogP contribution < -0.4 is 0 Å². The number of aliphatic carboxylic acids is 1. The lowest BCUT2D eigenvalue weighted by Gasteiger charge is -2.16. The minimum Gasteiger partial charge on any atom is -0.480 e. The molecular formula is C17H32O3S2. The molecule has 22 heavy (non-hydrogen) atoms. The highest BCUT2D eigenvalue weighted by molar-refractivity contribution is 8.39. The fraction of sp³-hybridized carbons (Fsp3) is 0.882. The number of thioether (sulfide) groups is 2. The van der Waals surface area contributed by atoms with Gasteiger partial charge in [-0.15, -0.1) is 0 Å². The topological polar surface area (TPSA) is 54.4 Å². The molecule has 130 valence electrons. The Hall–Kier alpha value is -0.160. The molecule has 0 heterocycles. The number of carboxylic acid groups (broad SMARTS) is 1. The molecule has 3 nitrogen and oxygen atoms in total. The molecule has 0 unspecified atom stereocenters. The Kier molecular flexibility index (Phi) is 13.2. The molecule has 0 fully saturated rings. The van der Waals surface area contributed by atoms with E-state index >= 15 is 0 Å². The van der Waals surface area contributed by atoms with Gasteiger partial charge in [-0.25, -0.2) is 0 Å². The molecule has 0 spiro atoms. The zero-order chi connectivity index (χ0) is 16.8. The molecule has 0 aromatic heterocycles. The van der Waals surface area contributed by atoms with Gasteiger partial charge in [-0.1, -0.05) is 88.2 Å². The zero-order valence-electron chi connectivity index (χ0n) is 14.4. The van der Waals surface area contributed by atoms with E-state index in [1.165, 1.54) is 69.5 Å². The first-order valence-corrected chi connectivity index (χ1v) is 10.3. The summed E-state index contributed by atoms with van der Waals surface area (Å²) in [4.78, 5) is 22.6. The highest BCUT2D eigenvalue weighted by Gasteiger charge is 2.31. The van der Waals surface area contributed by atoms with E-state index in [0.717, 1.165) is 23.9 Å². The summed E-state index contributed by atoms with van der Waals surface area (Å²) in [6, 6.07) is 0. The smallest absolute Gasteiger partial charge is 0.319 e. The predicted molar refractivity (Wildman–Crippen MR) is 99.0 cm³/mol. The lowest BCUT2D eigenvalue weighted by molar-refractivity contribution is -0.138. The third-order valence-corrected chi connectivity index (χ3v) is 5.75. The second-order valence-electron chi connectivity index (χ2n) is 6.20. The Balaban J connectivity index is 3.39. The van der Waals surface area contributed by atoms with E-state index < -0.39 is 10.7 Å². The Morgan fingerprint density at radius 3 is 1.77 bits per heavy atom. The van der Waals surface area contributed by atoms with Crippen molar-refractivity contribution in [1.82, 2.24) is 0 Å². The molecule has 0 saturated heterocycles. The largest absolute Gasteiger partial charge is 0.480 e. The van der Waals surface area contributed by atoms with E-state index in [1.807, 2.05) is 0 Å². The summed E-state index contributed by atoms with van der Waals surface area (Å²) in [7, 11) is 0. The Morgan fingerprint density at radius 2 is 1.32 bits per heavy atom. The van der Waals surface area contributed by atoms with Crippen molar-refractivity contribution in [3.05, 3.63) is 0 Å². The summed E-state index contributed by atoms with van der Waals surface area (Å²) in [5, 5.41) is 8.97. The van der Waals surface area contributed by atoms with Gasteiger partial charge < -0.3 is 5.11 Å². The van der Waals surface area contributed by atoms with Crippen LogP contribution in [0.1, 0.15) is 85.0 Å². The van der Waals surface area contributed by atoms with Crippen LogP contribution in [-0.2, 0) is 4.79 Å². The molecular weight excluding hydrogens is 316 g/mol. The van der Waals surface area contributed by atoms with Crippen molar-refractivity contribution in [1.29, 1.82) is 0 Å². The molecule has 0 aliphatic rings. The summed E-state index contributed by atoms with van der Waals surface area (Å²) in [5.74, 6) is -0.136. The predicted octanol–water partition coefficient (Wildman–Crippen LogP) is 6.36. The normalized spacial score (nSPS) is 11.6. The van der Waals surface area contributed by atoms with Crippen LogP contribution in [0.5, 0.6) is 0 Å². The van der Waals surface area contributed by atoms with Crippen molar-refractivity contribution in [2.45, 2.75) is 89.7 Å². The quantitative estimate of drug-likeness (QED) is 0.393. The third-order valence-electron chi connectivity index (χ3n) is 3.57. The standard InChI is InChI=1S/C17H32O3S2/c1-4-5-6-7-8-9-10-11-12-13-14-21-16(20)22-17(2,3)15(18)19/h4-14H2,1-3H3,(H,18,19). The summed E-state index contributed by atoms with van der Waals surface area (Å²) in [6.45, 7) is 5.38. The van der Waals surface area contributed by atoms with Gasteiger partial charge >= 0.3 is 5.97 Å². The number of rotatable bonds is 13. The van der Waals surface area contributed by atoms with Crippen molar-refractivity contribution >= 4 is 33.9 Å². The molecule has 0 aliphatic heterocycles. The van der Waals surface area contributed by atoms with Gasteiger partial charge in [0.2, 0.25) is 4.45 Å². The molecule has 0 bridgehead atoms. The fourth-order valence-corrected chi connectivity index (χ4v) is 4.16. The fourth-order valence-electron chi connectivity index (χ4n) is 2.03. The molecule has 0 saturated carbocycles. The summed E-state index contributed by atoms with van der Waals surface area (Å²) in [5.41, 5.74) is 0. The lowest BCUT2D eigenvalue weighted by atomic mass is 10.1. The zero-order valence-corrected chi connectivity index (χ0v) is 16.0. The molecule has 5 heteroatoms. The van der Waals surface area contributed by atoms with Gasteiger partial charge in [0.25, 0.3) is 0 Å². The third kappa shape index (κ3) is 12.4. The maximum atomic E-state index is 11.7. The maximum Gasteiger partial charge on any atom is 0.319 e. The van der Waals surface area contributed by atoms with Gasteiger partial charge in [-0.3, -0.25) is 9.59 Å². The second-order valence-corrected chi connectivity index (χ2v) is 9.12. The molecule has 0 aromatic rings. The Morgan fingerprint density at radius 1 is 0.864 bits per heavy atom. The molecule has 1 N–H and O–H groups in total. The summed E-state index contributed by atoms with van der Waals surface area (Å²) >= 11 is 2.17. The van der Waals surface area contributed by atoms with Crippen LogP contribution in [0, 0.1) is 0 Å². The van der Waals surface area contributed by atoms with Crippen LogP contribution in [0.25, 0.3) is 0 Å². The first-order chi connectivity index (χ1) is 10.4. The Labute approximate surface area is 144 Å². The first-order valence-electron chi connectivity index (χ1n) is 8.49. The van der Waals surface area contributed by atoms with Gasteiger partial charge in [0.15, 0.2) is 0 Å². The molecule has 0 amide bonds. The van der Waals surface area contributed by atoms with E-state index in [-0.39, 0.29) is 4.45 Å². The number of carbonyl (C=O) groups excluding carboxylic acids is 1. The molecule has 0 rings (SSSR count). The van der Waals surface area contributed by atoms with E-state index in [1.54, 1.807) is 13.8 Å². The number of hydrogen-bond acceptors (Lipinski definition) is 4. The molecule has 0 radical (unpaired) electrons. The van der Waals surface area contributed by atoms with Crippen LogP contribution in [0.4, 0.5) is 4.79 Å². The van der Waals surface area contributed by atoms with Crippen LogP contribution in [0.3, 0.4) is 0 Å². The highest BCUT2D eigenvalue weighted by Crippen LogP contribution is 2.31. The number of carbonyl (C=O) groups is 2. The second kappa shape index (κ2) is 13.3. The molecule has 0 aromatic carbocycles. The maximum absolute atomic E-state index is 11.7. The monoisotopic (exact) mass is 348 g/mol. The molecule has 0 aliphatic carbocycles. The number of unbranched alkanes of at least 4 members (excludes halogenated alkanes) is 9. The average molecular weight is 349 g/mol. The van der Waals surface area contributed by atoms with Gasteiger partial charge in [-0.05, 0) is 20.3 Å². The van der Waals surface area contributed by atoms with E-state index in [2.05, 4.69) is 6.92 Å². The highest BCUT2D eigenvalue weighted by atomic mass is 32.2. The van der Waals surface area contributed by atoms with E-state index in [9.17, 15) is 9.59 Å². The SMILES string of the molecule is CCCCCCCCCCCCSC(=O)SC(C)(C)C(=O)O. The summed E-state index contributed by atoms with van der Waals surface area (Å²) < 4.78 is -1.11. The first kappa shape index (κ1) is 21.8. The van der Waals surface area contributed by atoms with E-state index in [0.29, 0.717) is 0 Å². The summed E-state index contributed by atoms with van der Waals surface area (Å²) in [6.07, 6.45) is 12.9. The van der Waals surface area contributed by atoms with Crippen molar-refractivity contribution in [3.63, 3.8) is 0 Å². The van der Waals surface area contributed by atoms with Crippen molar-refractivity contribution in [3.8, 4) is 0 Å². The van der Waals surface area contributed by atoms with Crippen molar-refractivity contribution in [2.75, 3.05) is 5.75 Å². The van der Waals surface area contributed by atoms with Crippen LogP contribution in [-0.4, -0.2) is 26.0 Å². The number of hydrogen-bond donors (Lipinski definition) is 1. The van der Waals surface area contributed by atoms with Gasteiger partial charge in [0.1, 0.15) is 4.75 Å². The van der Waals surface area contributed by atoms with E-state index in [4.69, 9.17) is 5.11 Å². The minimum absolute atomic E-state index is 0.0803.